The number of nitrogens with zero attached hydrogens (tertiary/aromatic N) is 2. The molecule has 0 radical (unpaired) electrons. The van der Waals surface area contributed by atoms with Crippen molar-refractivity contribution in [2.24, 2.45) is 0 Å². The molecule has 0 saturated carbocycles. The molecule has 1 saturated heterocycles. The number of aryl methyl sites for hydroxylation is 1. The number of aromatic nitrogens is 2. The number of thioether (sulfide) groups is 1. The van der Waals surface area contributed by atoms with Crippen molar-refractivity contribution in [3.8, 4) is 0 Å². The highest BCUT2D eigenvalue weighted by atomic mass is 35.5. The summed E-state index contributed by atoms with van der Waals surface area (Å²) in [4.78, 5) is 45.4. The van der Waals surface area contributed by atoms with E-state index in [1.54, 1.807) is 24.5 Å². The summed E-state index contributed by atoms with van der Waals surface area (Å²) >= 11 is 7.46. The quantitative estimate of drug-likeness (QED) is 0.365. The predicted octanol–water partition coefficient (Wildman–Crippen LogP) is 3.55. The van der Waals surface area contributed by atoms with Crippen LogP contribution in [0.15, 0.2) is 48.9 Å². The third-order valence-corrected chi connectivity index (χ3v) is 7.58. The lowest BCUT2D eigenvalue weighted by Crippen LogP contribution is -2.41. The second kappa shape index (κ2) is 10.7. The van der Waals surface area contributed by atoms with Gasteiger partial charge in [0.05, 0.1) is 22.7 Å². The first-order valence-electron chi connectivity index (χ1n) is 11.6. The maximum atomic E-state index is 14.6. The van der Waals surface area contributed by atoms with Gasteiger partial charge in [-0.1, -0.05) is 35.5 Å². The van der Waals surface area contributed by atoms with Gasteiger partial charge < -0.3 is 10.6 Å². The zero-order chi connectivity index (χ0) is 25.9. The fourth-order valence-corrected chi connectivity index (χ4v) is 5.57. The van der Waals surface area contributed by atoms with E-state index >= 15 is 0 Å². The zero-order valence-electron chi connectivity index (χ0n) is 19.4. The molecule has 2 atom stereocenters. The van der Waals surface area contributed by atoms with Gasteiger partial charge in [0, 0.05) is 29.9 Å². The highest BCUT2D eigenvalue weighted by Gasteiger charge is 2.28. The molecule has 2 aromatic heterocycles. The first kappa shape index (κ1) is 25.0. The van der Waals surface area contributed by atoms with Crippen LogP contribution in [0.3, 0.4) is 0 Å². The van der Waals surface area contributed by atoms with Crippen LogP contribution in [-0.2, 0) is 17.6 Å². The molecule has 3 amide bonds. The number of nitrogens with one attached hydrogen (secondary N) is 4. The van der Waals surface area contributed by atoms with Gasteiger partial charge in [0.1, 0.15) is 5.82 Å². The van der Waals surface area contributed by atoms with Crippen molar-refractivity contribution in [1.29, 1.82) is 0 Å². The van der Waals surface area contributed by atoms with Gasteiger partial charge in [0.25, 0.3) is 5.91 Å². The lowest BCUT2D eigenvalue weighted by Gasteiger charge is -2.22. The monoisotopic (exact) mass is 540 g/mol. The lowest BCUT2D eigenvalue weighted by atomic mass is 9.96. The molecule has 190 valence electrons. The third-order valence-electron chi connectivity index (χ3n) is 6.28. The Morgan fingerprint density at radius 1 is 1.11 bits per heavy atom. The minimum absolute atomic E-state index is 0.0710. The van der Waals surface area contributed by atoms with Gasteiger partial charge in [0.2, 0.25) is 5.12 Å². The molecule has 1 fully saturated rings. The first-order chi connectivity index (χ1) is 17.9. The number of rotatable bonds is 5. The Balaban J connectivity index is 1.27. The largest absolute Gasteiger partial charge is 0.341 e. The molecular weight excluding hydrogens is 519 g/mol. The van der Waals surface area contributed by atoms with Crippen molar-refractivity contribution < 1.29 is 18.8 Å². The number of fused-ring (bicyclic) bond motifs is 2. The molecular formula is C25H22ClFN6O3S. The van der Waals surface area contributed by atoms with Crippen LogP contribution in [0.4, 0.5) is 15.0 Å². The van der Waals surface area contributed by atoms with E-state index < -0.39 is 24.0 Å². The molecule has 3 heterocycles. The number of halogens is 2. The van der Waals surface area contributed by atoms with E-state index in [-0.39, 0.29) is 27.3 Å². The Kier molecular flexibility index (Phi) is 7.24. The molecule has 1 aliphatic heterocycles. The van der Waals surface area contributed by atoms with Gasteiger partial charge >= 0.3 is 6.03 Å². The number of hydrazine groups is 1. The fraction of sp³-hybridized carbons (Fsp3) is 0.240. The van der Waals surface area contributed by atoms with Crippen molar-refractivity contribution in [3.05, 3.63) is 87.6 Å². The fourth-order valence-electron chi connectivity index (χ4n) is 4.42. The SMILES string of the molecule is O=C(NNc1ncc(C(=O)NC2CCSC2=O)cc1Cl)NC1c2cnccc2CCc2c(F)cccc21. The summed E-state index contributed by atoms with van der Waals surface area (Å²) in [6.07, 6.45) is 6.34. The second-order valence-electron chi connectivity index (χ2n) is 8.58. The number of hydrogen-bond donors (Lipinski definition) is 4. The number of urea groups is 1. The summed E-state index contributed by atoms with van der Waals surface area (Å²) in [6, 6.07) is 6.33. The molecule has 4 N–H and O–H groups in total. The highest BCUT2D eigenvalue weighted by molar-refractivity contribution is 8.14. The summed E-state index contributed by atoms with van der Waals surface area (Å²) in [7, 11) is 0. The van der Waals surface area contributed by atoms with Crippen LogP contribution in [0.1, 0.15) is 45.1 Å². The normalized spacial score (nSPS) is 18.3. The van der Waals surface area contributed by atoms with Gasteiger partial charge in [-0.05, 0) is 54.2 Å². The Morgan fingerprint density at radius 2 is 1.97 bits per heavy atom. The minimum Gasteiger partial charge on any atom is -0.341 e. The summed E-state index contributed by atoms with van der Waals surface area (Å²) in [5.41, 5.74) is 8.28. The number of carbonyl (C=O) groups is 3. The van der Waals surface area contributed by atoms with Crippen molar-refractivity contribution in [1.82, 2.24) is 26.0 Å². The summed E-state index contributed by atoms with van der Waals surface area (Å²) in [5.74, 6) is 0.0112. The van der Waals surface area contributed by atoms with E-state index in [1.165, 1.54) is 30.1 Å². The molecule has 0 spiro atoms. The topological polar surface area (TPSA) is 125 Å². The molecule has 2 aliphatic rings. The third kappa shape index (κ3) is 5.37. The molecule has 3 aromatic rings. The van der Waals surface area contributed by atoms with Crippen LogP contribution in [0.2, 0.25) is 5.02 Å². The van der Waals surface area contributed by atoms with Crippen molar-refractivity contribution in [3.63, 3.8) is 0 Å². The van der Waals surface area contributed by atoms with Gasteiger partial charge in [-0.25, -0.2) is 14.2 Å². The number of amides is 3. The zero-order valence-corrected chi connectivity index (χ0v) is 21.0. The number of pyridine rings is 2. The maximum absolute atomic E-state index is 14.6. The summed E-state index contributed by atoms with van der Waals surface area (Å²) in [6.45, 7) is 0. The van der Waals surface area contributed by atoms with Crippen molar-refractivity contribution in [2.45, 2.75) is 31.3 Å². The molecule has 1 aromatic carbocycles. The molecule has 12 heteroatoms. The standard InChI is InChI=1S/C25H22ClFN6O3S/c26-18-10-14(23(34)30-20-7-9-37-24(20)35)11-29-22(18)32-33-25(36)31-21-16-2-1-3-19(27)15(16)5-4-13-6-8-28-12-17(13)21/h1-3,6,8,10-12,20-21H,4-5,7,9H2,(H,29,32)(H,30,34)(H2,31,33,36). The molecule has 9 nitrogen and oxygen atoms in total. The molecule has 5 rings (SSSR count). The van der Waals surface area contributed by atoms with E-state index in [9.17, 15) is 18.8 Å². The van der Waals surface area contributed by atoms with Crippen LogP contribution >= 0.6 is 23.4 Å². The summed E-state index contributed by atoms with van der Waals surface area (Å²) in [5, 5.41) is 5.57. The lowest BCUT2D eigenvalue weighted by molar-refractivity contribution is -0.112. The van der Waals surface area contributed by atoms with Gasteiger partial charge in [0.15, 0.2) is 5.82 Å². The van der Waals surface area contributed by atoms with Crippen LogP contribution in [0, 0.1) is 5.82 Å². The smallest absolute Gasteiger partial charge is 0.334 e. The second-order valence-corrected chi connectivity index (χ2v) is 10.1. The molecule has 2 unspecified atom stereocenters. The van der Waals surface area contributed by atoms with Crippen LogP contribution < -0.4 is 21.5 Å². The maximum Gasteiger partial charge on any atom is 0.334 e. The average Bonchev–Trinajstić information content (AvgIpc) is 3.22. The average molecular weight is 541 g/mol. The van der Waals surface area contributed by atoms with E-state index in [2.05, 4.69) is 31.5 Å². The Morgan fingerprint density at radius 3 is 2.76 bits per heavy atom. The van der Waals surface area contributed by atoms with Gasteiger partial charge in [-0.3, -0.25) is 25.4 Å². The molecule has 0 bridgehead atoms. The predicted molar refractivity (Wildman–Crippen MR) is 138 cm³/mol. The van der Waals surface area contributed by atoms with E-state index in [0.29, 0.717) is 36.1 Å². The number of carbonyl (C=O) groups excluding carboxylic acids is 3. The number of anilines is 1. The molecule has 37 heavy (non-hydrogen) atoms. The molecule has 1 aliphatic carbocycles. The van der Waals surface area contributed by atoms with E-state index in [4.69, 9.17) is 11.6 Å². The van der Waals surface area contributed by atoms with E-state index in [1.807, 2.05) is 6.07 Å². The van der Waals surface area contributed by atoms with Crippen LogP contribution in [-0.4, -0.2) is 38.8 Å². The Bertz CT molecular complexity index is 1390. The Hall–Kier alpha value is -3.70. The highest BCUT2D eigenvalue weighted by Crippen LogP contribution is 2.33. The minimum atomic E-state index is -0.621. The Labute approximate surface area is 221 Å². The summed E-state index contributed by atoms with van der Waals surface area (Å²) < 4.78 is 14.6. The number of hydrogen-bond acceptors (Lipinski definition) is 7. The van der Waals surface area contributed by atoms with Crippen molar-refractivity contribution >= 4 is 46.2 Å². The van der Waals surface area contributed by atoms with Crippen LogP contribution in [0.5, 0.6) is 0 Å². The van der Waals surface area contributed by atoms with Gasteiger partial charge in [-0.15, -0.1) is 0 Å². The first-order valence-corrected chi connectivity index (χ1v) is 12.9. The van der Waals surface area contributed by atoms with E-state index in [0.717, 1.165) is 11.1 Å². The van der Waals surface area contributed by atoms with Crippen LogP contribution in [0.25, 0.3) is 0 Å². The van der Waals surface area contributed by atoms with Crippen molar-refractivity contribution in [2.75, 3.05) is 11.2 Å². The van der Waals surface area contributed by atoms with Gasteiger partial charge in [-0.2, -0.15) is 0 Å². The number of benzene rings is 1.